The number of aryl methyl sites for hydroxylation is 1. The molecule has 1 unspecified atom stereocenters. The van der Waals surface area contributed by atoms with E-state index in [1.165, 1.54) is 6.07 Å². The van der Waals surface area contributed by atoms with Crippen LogP contribution >= 0.6 is 0 Å². The van der Waals surface area contributed by atoms with Crippen molar-refractivity contribution in [3.05, 3.63) is 53.1 Å². The average molecular weight is 419 g/mol. The van der Waals surface area contributed by atoms with Crippen molar-refractivity contribution in [1.29, 1.82) is 0 Å². The number of carboxylic acid groups (broad SMARTS) is 1. The predicted molar refractivity (Wildman–Crippen MR) is 102 cm³/mol. The maximum atomic E-state index is 12.7. The fourth-order valence-electron chi connectivity index (χ4n) is 3.00. The summed E-state index contributed by atoms with van der Waals surface area (Å²) in [7, 11) is 0. The summed E-state index contributed by atoms with van der Waals surface area (Å²) in [5, 5.41) is 49.0. The Morgan fingerprint density at radius 1 is 1.00 bits per heavy atom. The maximum absolute atomic E-state index is 12.7. The Balaban J connectivity index is 1.91. The number of carboxylic acids is 1. The first-order valence-corrected chi connectivity index (χ1v) is 8.93. The van der Waals surface area contributed by atoms with E-state index in [9.17, 15) is 30.0 Å². The summed E-state index contributed by atoms with van der Waals surface area (Å²) in [6.45, 7) is 1.87. The number of aliphatic carboxylic acids is 1. The zero-order valence-corrected chi connectivity index (χ0v) is 15.8. The van der Waals surface area contributed by atoms with E-state index >= 15 is 0 Å². The van der Waals surface area contributed by atoms with Gasteiger partial charge in [-0.2, -0.15) is 0 Å². The molecule has 10 heteroatoms. The molecular weight excluding hydrogens is 398 g/mol. The van der Waals surface area contributed by atoms with Gasteiger partial charge >= 0.3 is 5.97 Å². The molecule has 1 heterocycles. The number of ketones is 1. The van der Waals surface area contributed by atoms with Gasteiger partial charge in [-0.1, -0.05) is 29.8 Å². The normalized spacial score (nSPS) is 26.2. The number of rotatable bonds is 5. The fourth-order valence-corrected chi connectivity index (χ4v) is 3.00. The lowest BCUT2D eigenvalue weighted by Gasteiger charge is -2.38. The minimum atomic E-state index is -1.90. The molecule has 0 aromatic heterocycles. The Hall–Kier alpha value is -3.18. The van der Waals surface area contributed by atoms with Crippen molar-refractivity contribution >= 4 is 17.4 Å². The highest BCUT2D eigenvalue weighted by molar-refractivity contribution is 6.10. The first kappa shape index (κ1) is 21.5. The molecule has 0 radical (unpaired) electrons. The highest BCUT2D eigenvalue weighted by Crippen LogP contribution is 2.36. The van der Waals surface area contributed by atoms with E-state index in [0.717, 1.165) is 11.6 Å². The smallest absolute Gasteiger partial charge is 0.335 e. The third kappa shape index (κ3) is 4.07. The Kier molecular flexibility index (Phi) is 5.94. The van der Waals surface area contributed by atoms with E-state index in [4.69, 9.17) is 20.3 Å². The van der Waals surface area contributed by atoms with E-state index in [-0.39, 0.29) is 17.0 Å². The summed E-state index contributed by atoms with van der Waals surface area (Å²) in [5.74, 6) is -2.95. The summed E-state index contributed by atoms with van der Waals surface area (Å²) >= 11 is 0. The van der Waals surface area contributed by atoms with Crippen LogP contribution in [0.2, 0.25) is 0 Å². The standard InChI is InChI=1S/C20H21NO9/c1-8-2-4-9(5-3-8)13(22)10-6-11(21)14(23)12(7-10)29-20-17(26)15(24)16(25)18(30-20)19(27)28/h2-7,15-18,20,23-26H,21H2,1H3,(H,27,28)/t15-,16-,17+,18-,20?/m0/s1. The monoisotopic (exact) mass is 419 g/mol. The highest BCUT2D eigenvalue weighted by atomic mass is 16.7. The topological polar surface area (TPSA) is 180 Å². The number of aliphatic hydroxyl groups excluding tert-OH is 3. The summed E-state index contributed by atoms with van der Waals surface area (Å²) < 4.78 is 10.4. The number of nitrogens with two attached hydrogens (primary N) is 1. The number of benzene rings is 2. The van der Waals surface area contributed by atoms with Gasteiger partial charge in [-0.05, 0) is 19.1 Å². The van der Waals surface area contributed by atoms with Crippen molar-refractivity contribution < 1.29 is 44.6 Å². The van der Waals surface area contributed by atoms with E-state index in [2.05, 4.69) is 0 Å². The molecule has 7 N–H and O–H groups in total. The number of nitrogen functional groups attached to an aromatic ring is 1. The zero-order chi connectivity index (χ0) is 22.2. The van der Waals surface area contributed by atoms with Gasteiger partial charge in [-0.15, -0.1) is 0 Å². The zero-order valence-electron chi connectivity index (χ0n) is 15.8. The summed E-state index contributed by atoms with van der Waals surface area (Å²) in [5.41, 5.74) is 6.93. The largest absolute Gasteiger partial charge is 0.503 e. The maximum Gasteiger partial charge on any atom is 0.335 e. The van der Waals surface area contributed by atoms with Gasteiger partial charge in [-0.3, -0.25) is 4.79 Å². The Labute approximate surface area is 170 Å². The summed E-state index contributed by atoms with van der Waals surface area (Å²) in [6.07, 6.45) is -9.27. The third-order valence-corrected chi connectivity index (χ3v) is 4.74. The number of phenolic OH excluding ortho intramolecular Hbond substituents is 1. The fraction of sp³-hybridized carbons (Fsp3) is 0.300. The van der Waals surface area contributed by atoms with Gasteiger partial charge in [-0.25, -0.2) is 4.79 Å². The van der Waals surface area contributed by atoms with Crippen molar-refractivity contribution in [2.24, 2.45) is 0 Å². The molecule has 0 saturated carbocycles. The Morgan fingerprint density at radius 3 is 2.23 bits per heavy atom. The number of carbonyl (C=O) groups excluding carboxylic acids is 1. The van der Waals surface area contributed by atoms with Crippen LogP contribution in [0.25, 0.3) is 0 Å². The van der Waals surface area contributed by atoms with Gasteiger partial charge in [0.1, 0.15) is 18.3 Å². The lowest BCUT2D eigenvalue weighted by atomic mass is 9.99. The molecule has 0 spiro atoms. The van der Waals surface area contributed by atoms with Crippen molar-refractivity contribution in [1.82, 2.24) is 0 Å². The lowest BCUT2D eigenvalue weighted by molar-refractivity contribution is -0.271. The number of aliphatic hydroxyl groups is 3. The molecule has 2 aromatic carbocycles. The van der Waals surface area contributed by atoms with Crippen LogP contribution in [0.1, 0.15) is 21.5 Å². The molecule has 0 bridgehead atoms. The molecule has 30 heavy (non-hydrogen) atoms. The molecule has 160 valence electrons. The van der Waals surface area contributed by atoms with Crippen LogP contribution in [0, 0.1) is 6.92 Å². The number of carbonyl (C=O) groups is 2. The summed E-state index contributed by atoms with van der Waals surface area (Å²) in [4.78, 5) is 24.0. The molecule has 1 aliphatic heterocycles. The SMILES string of the molecule is Cc1ccc(C(=O)c2cc(N)c(O)c(OC3O[C@H](C(=O)O)[C@@H](O)[C@H](O)[C@H]3O)c2)cc1. The number of ether oxygens (including phenoxy) is 2. The number of phenols is 1. The van der Waals surface area contributed by atoms with Crippen LogP contribution in [0.15, 0.2) is 36.4 Å². The van der Waals surface area contributed by atoms with Crippen molar-refractivity contribution in [3.63, 3.8) is 0 Å². The van der Waals surface area contributed by atoms with E-state index in [1.807, 2.05) is 6.92 Å². The van der Waals surface area contributed by atoms with Gasteiger partial charge in [0.25, 0.3) is 0 Å². The molecule has 1 aliphatic rings. The van der Waals surface area contributed by atoms with Crippen molar-refractivity contribution in [3.8, 4) is 11.5 Å². The predicted octanol–water partition coefficient (Wildman–Crippen LogP) is -0.215. The number of hydrogen-bond donors (Lipinski definition) is 6. The van der Waals surface area contributed by atoms with Crippen LogP contribution in [-0.4, -0.2) is 68.0 Å². The quantitative estimate of drug-likeness (QED) is 0.215. The van der Waals surface area contributed by atoms with Gasteiger partial charge in [0.2, 0.25) is 6.29 Å². The van der Waals surface area contributed by atoms with Crippen LogP contribution in [0.5, 0.6) is 11.5 Å². The first-order chi connectivity index (χ1) is 14.1. The van der Waals surface area contributed by atoms with Gasteiger partial charge < -0.3 is 40.7 Å². The molecule has 5 atom stereocenters. The second-order valence-electron chi connectivity index (χ2n) is 6.96. The summed E-state index contributed by atoms with van der Waals surface area (Å²) in [6, 6.07) is 9.12. The van der Waals surface area contributed by atoms with Crippen LogP contribution < -0.4 is 10.5 Å². The van der Waals surface area contributed by atoms with Crippen molar-refractivity contribution in [2.45, 2.75) is 37.6 Å². The number of hydrogen-bond acceptors (Lipinski definition) is 9. The van der Waals surface area contributed by atoms with Gasteiger partial charge in [0.15, 0.2) is 23.4 Å². The van der Waals surface area contributed by atoms with E-state index in [0.29, 0.717) is 5.56 Å². The van der Waals surface area contributed by atoms with Crippen LogP contribution in [0.3, 0.4) is 0 Å². The molecule has 1 saturated heterocycles. The average Bonchev–Trinajstić information content (AvgIpc) is 2.71. The molecule has 10 nitrogen and oxygen atoms in total. The second-order valence-corrected chi connectivity index (χ2v) is 6.96. The minimum absolute atomic E-state index is 0.0600. The molecule has 0 amide bonds. The third-order valence-electron chi connectivity index (χ3n) is 4.74. The first-order valence-electron chi connectivity index (χ1n) is 8.93. The van der Waals surface area contributed by atoms with Gasteiger partial charge in [0.05, 0.1) is 5.69 Å². The number of aromatic hydroxyl groups is 1. The lowest BCUT2D eigenvalue weighted by Crippen LogP contribution is -2.61. The molecule has 3 rings (SSSR count). The molecule has 2 aromatic rings. The van der Waals surface area contributed by atoms with E-state index < -0.39 is 48.2 Å². The van der Waals surface area contributed by atoms with Crippen LogP contribution in [-0.2, 0) is 9.53 Å². The Bertz CT molecular complexity index is 959. The highest BCUT2D eigenvalue weighted by Gasteiger charge is 2.48. The van der Waals surface area contributed by atoms with E-state index in [1.54, 1.807) is 24.3 Å². The Morgan fingerprint density at radius 2 is 1.63 bits per heavy atom. The van der Waals surface area contributed by atoms with Crippen molar-refractivity contribution in [2.75, 3.05) is 5.73 Å². The molecule has 1 fully saturated rings. The number of anilines is 1. The van der Waals surface area contributed by atoms with Crippen LogP contribution in [0.4, 0.5) is 5.69 Å². The molecular formula is C20H21NO9. The van der Waals surface area contributed by atoms with Gasteiger partial charge in [0, 0.05) is 11.1 Å². The minimum Gasteiger partial charge on any atom is -0.503 e. The molecule has 0 aliphatic carbocycles. The second kappa shape index (κ2) is 8.28.